The quantitative estimate of drug-likeness (QED) is 0.662. The van der Waals surface area contributed by atoms with Crippen molar-refractivity contribution >= 4 is 11.6 Å². The molecule has 0 aromatic heterocycles. The third-order valence-electron chi connectivity index (χ3n) is 3.14. The normalized spacial score (nSPS) is 11.9. The summed E-state index contributed by atoms with van der Waals surface area (Å²) in [5.41, 5.74) is 6.62. The van der Waals surface area contributed by atoms with E-state index in [9.17, 15) is 4.79 Å². The molecule has 5 nitrogen and oxygen atoms in total. The second kappa shape index (κ2) is 9.34. The minimum absolute atomic E-state index is 0.00271. The van der Waals surface area contributed by atoms with Gasteiger partial charge in [-0.2, -0.15) is 0 Å². The van der Waals surface area contributed by atoms with Crippen molar-refractivity contribution in [2.24, 2.45) is 5.73 Å². The third-order valence-corrected chi connectivity index (χ3v) is 3.14. The fourth-order valence-electron chi connectivity index (χ4n) is 1.99. The lowest BCUT2D eigenvalue weighted by atomic mass is 10.2. The van der Waals surface area contributed by atoms with Gasteiger partial charge in [0.25, 0.3) is 0 Å². The van der Waals surface area contributed by atoms with Crippen LogP contribution in [0.3, 0.4) is 0 Å². The van der Waals surface area contributed by atoms with Gasteiger partial charge >= 0.3 is 0 Å². The van der Waals surface area contributed by atoms with E-state index in [-0.39, 0.29) is 11.9 Å². The number of anilines is 1. The van der Waals surface area contributed by atoms with E-state index in [0.29, 0.717) is 19.7 Å². The Hall–Kier alpha value is -1.59. The number of nitrogens with two attached hydrogens (primary N) is 1. The summed E-state index contributed by atoms with van der Waals surface area (Å²) in [6, 6.07) is 9.69. The van der Waals surface area contributed by atoms with E-state index in [0.717, 1.165) is 18.7 Å². The minimum atomic E-state index is -0.235. The molecule has 0 bridgehead atoms. The molecule has 1 aromatic rings. The van der Waals surface area contributed by atoms with Gasteiger partial charge in [0, 0.05) is 25.9 Å². The highest BCUT2D eigenvalue weighted by atomic mass is 16.5. The molecule has 1 amide bonds. The largest absolute Gasteiger partial charge is 0.383 e. The monoisotopic (exact) mass is 279 g/mol. The van der Waals surface area contributed by atoms with Crippen LogP contribution < -0.4 is 16.0 Å². The number of carbonyl (C=O) groups is 1. The molecule has 0 radical (unpaired) electrons. The SMILES string of the molecule is COCCNC(=O)C(C)N(CCCN)c1ccccc1. The van der Waals surface area contributed by atoms with Gasteiger partial charge in [-0.25, -0.2) is 0 Å². The highest BCUT2D eigenvalue weighted by molar-refractivity contribution is 5.84. The third kappa shape index (κ3) is 5.19. The van der Waals surface area contributed by atoms with Crippen molar-refractivity contribution in [2.45, 2.75) is 19.4 Å². The summed E-state index contributed by atoms with van der Waals surface area (Å²) in [6.45, 7) is 4.33. The van der Waals surface area contributed by atoms with E-state index in [2.05, 4.69) is 10.2 Å². The van der Waals surface area contributed by atoms with Crippen molar-refractivity contribution in [1.29, 1.82) is 0 Å². The maximum atomic E-state index is 12.2. The van der Waals surface area contributed by atoms with Crippen LogP contribution in [0.5, 0.6) is 0 Å². The zero-order valence-corrected chi connectivity index (χ0v) is 12.3. The molecule has 1 unspecified atom stereocenters. The maximum Gasteiger partial charge on any atom is 0.242 e. The summed E-state index contributed by atoms with van der Waals surface area (Å²) >= 11 is 0. The minimum Gasteiger partial charge on any atom is -0.383 e. The first-order valence-corrected chi connectivity index (χ1v) is 6.99. The van der Waals surface area contributed by atoms with E-state index in [1.807, 2.05) is 37.3 Å². The van der Waals surface area contributed by atoms with E-state index < -0.39 is 0 Å². The molecule has 0 fully saturated rings. The van der Waals surface area contributed by atoms with Gasteiger partial charge in [0.05, 0.1) is 6.61 Å². The van der Waals surface area contributed by atoms with Gasteiger partial charge in [0.15, 0.2) is 0 Å². The Morgan fingerprint density at radius 1 is 1.40 bits per heavy atom. The second-order valence-corrected chi connectivity index (χ2v) is 4.63. The molecule has 112 valence electrons. The molecule has 3 N–H and O–H groups in total. The van der Waals surface area contributed by atoms with Crippen LogP contribution in [0.25, 0.3) is 0 Å². The molecule has 0 aliphatic rings. The lowest BCUT2D eigenvalue weighted by Crippen LogP contribution is -2.46. The van der Waals surface area contributed by atoms with Crippen LogP contribution in [0.15, 0.2) is 30.3 Å². The predicted molar refractivity (Wildman–Crippen MR) is 81.8 cm³/mol. The van der Waals surface area contributed by atoms with Crippen LogP contribution in [0, 0.1) is 0 Å². The van der Waals surface area contributed by atoms with Crippen molar-refractivity contribution < 1.29 is 9.53 Å². The standard InChI is InChI=1S/C15H25N3O2/c1-13(15(19)17-10-12-20-2)18(11-6-9-16)14-7-4-3-5-8-14/h3-5,7-8,13H,6,9-12,16H2,1-2H3,(H,17,19). The van der Waals surface area contributed by atoms with Crippen molar-refractivity contribution in [2.75, 3.05) is 38.3 Å². The zero-order valence-electron chi connectivity index (χ0n) is 12.3. The van der Waals surface area contributed by atoms with Gasteiger partial charge in [-0.3, -0.25) is 4.79 Å². The van der Waals surface area contributed by atoms with Crippen LogP contribution in [0.2, 0.25) is 0 Å². The average molecular weight is 279 g/mol. The van der Waals surface area contributed by atoms with Gasteiger partial charge < -0.3 is 20.7 Å². The summed E-state index contributed by atoms with van der Waals surface area (Å²) in [5.74, 6) is 0.00271. The number of hydrogen-bond donors (Lipinski definition) is 2. The molecule has 0 aliphatic carbocycles. The summed E-state index contributed by atoms with van der Waals surface area (Å²) in [4.78, 5) is 14.2. The molecular weight excluding hydrogens is 254 g/mol. The summed E-state index contributed by atoms with van der Waals surface area (Å²) in [5, 5.41) is 2.87. The second-order valence-electron chi connectivity index (χ2n) is 4.63. The molecular formula is C15H25N3O2. The van der Waals surface area contributed by atoms with Crippen molar-refractivity contribution in [3.63, 3.8) is 0 Å². The Kier molecular flexibility index (Phi) is 7.69. The van der Waals surface area contributed by atoms with Gasteiger partial charge in [-0.1, -0.05) is 18.2 Å². The number of nitrogens with zero attached hydrogens (tertiary/aromatic N) is 1. The van der Waals surface area contributed by atoms with E-state index in [1.165, 1.54) is 0 Å². The Balaban J connectivity index is 2.69. The zero-order chi connectivity index (χ0) is 14.8. The van der Waals surface area contributed by atoms with Crippen molar-refractivity contribution in [1.82, 2.24) is 5.32 Å². The smallest absolute Gasteiger partial charge is 0.242 e. The van der Waals surface area contributed by atoms with Crippen LogP contribution >= 0.6 is 0 Å². The van der Waals surface area contributed by atoms with Gasteiger partial charge in [0.1, 0.15) is 6.04 Å². The lowest BCUT2D eigenvalue weighted by Gasteiger charge is -2.30. The summed E-state index contributed by atoms with van der Waals surface area (Å²) in [6.07, 6.45) is 0.852. The first-order chi connectivity index (χ1) is 9.70. The van der Waals surface area contributed by atoms with Crippen molar-refractivity contribution in [3.05, 3.63) is 30.3 Å². The molecule has 5 heteroatoms. The average Bonchev–Trinajstić information content (AvgIpc) is 2.48. The number of amides is 1. The van der Waals surface area contributed by atoms with Gasteiger partial charge in [-0.15, -0.1) is 0 Å². The Morgan fingerprint density at radius 3 is 2.70 bits per heavy atom. The van der Waals surface area contributed by atoms with E-state index in [4.69, 9.17) is 10.5 Å². The summed E-state index contributed by atoms with van der Waals surface area (Å²) in [7, 11) is 1.62. The van der Waals surface area contributed by atoms with Crippen LogP contribution in [-0.2, 0) is 9.53 Å². The van der Waals surface area contributed by atoms with Crippen molar-refractivity contribution in [3.8, 4) is 0 Å². The van der Waals surface area contributed by atoms with E-state index in [1.54, 1.807) is 7.11 Å². The Bertz CT molecular complexity index is 384. The first-order valence-electron chi connectivity index (χ1n) is 6.99. The highest BCUT2D eigenvalue weighted by Crippen LogP contribution is 2.16. The molecule has 0 saturated carbocycles. The maximum absolute atomic E-state index is 12.2. The van der Waals surface area contributed by atoms with Crippen LogP contribution in [0.1, 0.15) is 13.3 Å². The molecule has 0 spiro atoms. The number of para-hydroxylation sites is 1. The number of methoxy groups -OCH3 is 1. The molecule has 1 atom stereocenters. The number of benzene rings is 1. The number of carbonyl (C=O) groups excluding carboxylic acids is 1. The Labute approximate surface area is 121 Å². The first kappa shape index (κ1) is 16.5. The fourth-order valence-corrected chi connectivity index (χ4v) is 1.99. The molecule has 0 aliphatic heterocycles. The molecule has 1 aromatic carbocycles. The van der Waals surface area contributed by atoms with Gasteiger partial charge in [-0.05, 0) is 32.0 Å². The number of ether oxygens (including phenoxy) is 1. The van der Waals surface area contributed by atoms with E-state index >= 15 is 0 Å². The van der Waals surface area contributed by atoms with Gasteiger partial charge in [0.2, 0.25) is 5.91 Å². The number of nitrogens with one attached hydrogen (secondary N) is 1. The molecule has 1 rings (SSSR count). The highest BCUT2D eigenvalue weighted by Gasteiger charge is 2.20. The van der Waals surface area contributed by atoms with Crippen LogP contribution in [-0.4, -0.2) is 45.3 Å². The topological polar surface area (TPSA) is 67.6 Å². The molecule has 0 saturated heterocycles. The summed E-state index contributed by atoms with van der Waals surface area (Å²) < 4.78 is 4.94. The predicted octanol–water partition coefficient (Wildman–Crippen LogP) is 0.993. The number of hydrogen-bond acceptors (Lipinski definition) is 4. The number of rotatable bonds is 9. The Morgan fingerprint density at radius 2 is 2.10 bits per heavy atom. The molecule has 20 heavy (non-hydrogen) atoms. The van der Waals surface area contributed by atoms with Crippen LogP contribution in [0.4, 0.5) is 5.69 Å². The lowest BCUT2D eigenvalue weighted by molar-refractivity contribution is -0.122. The molecule has 0 heterocycles. The fraction of sp³-hybridized carbons (Fsp3) is 0.533.